The number of carboxylic acid groups (broad SMARTS) is 2. The molecule has 3 nitrogen and oxygen atoms in total. The number of rotatable bonds is 0. The summed E-state index contributed by atoms with van der Waals surface area (Å²) in [7, 11) is 0. The average Bonchev–Trinajstić information content (AvgIpc) is 1.66. The molecule has 0 heterocycles. The number of hydrogen-bond donors (Lipinski definition) is 2. The normalized spacial score (nSPS) is 5.11. The fourth-order valence-corrected chi connectivity index (χ4v) is 0.0589. The van der Waals surface area contributed by atoms with Crippen LogP contribution in [0.5, 0.6) is 0 Å². The van der Waals surface area contributed by atoms with Crippen LogP contribution < -0.4 is 0 Å². The molecule has 0 aliphatic heterocycles. The van der Waals surface area contributed by atoms with E-state index in [0.717, 1.165) is 0 Å². The number of terminal acetylenes is 2. The minimum Gasteiger partial charge on any atom is -0.450 e. The first-order chi connectivity index (χ1) is 4.15. The predicted molar refractivity (Wildman–Crippen MR) is 32.9 cm³/mol. The van der Waals surface area contributed by atoms with E-state index in [4.69, 9.17) is 27.9 Å². The van der Waals surface area contributed by atoms with E-state index in [2.05, 4.69) is 11.8 Å². The molecule has 0 unspecified atom stereocenters. The van der Waals surface area contributed by atoms with E-state index in [1.807, 2.05) is 0 Å². The van der Waals surface area contributed by atoms with Crippen LogP contribution in [0.15, 0.2) is 0 Å². The van der Waals surface area contributed by atoms with E-state index >= 15 is 0 Å². The summed E-state index contributed by atoms with van der Waals surface area (Å²) >= 11 is 0. The second kappa shape index (κ2) is 9.63. The van der Waals surface area contributed by atoms with Crippen molar-refractivity contribution in [3.63, 3.8) is 0 Å². The zero-order valence-electron chi connectivity index (χ0n) is 4.66. The summed E-state index contributed by atoms with van der Waals surface area (Å²) in [5, 5.41) is 13.9. The topological polar surface area (TPSA) is 57.5 Å². The summed E-state index contributed by atoms with van der Waals surface area (Å²) < 4.78 is 0. The molecular formula is C6H6O3. The molecule has 0 aliphatic carbocycles. The summed E-state index contributed by atoms with van der Waals surface area (Å²) in [5.74, 6) is 4.56. The Kier molecular flexibility index (Phi) is 11.1. The van der Waals surface area contributed by atoms with Gasteiger partial charge in [0.15, 0.2) is 0 Å². The van der Waals surface area contributed by atoms with E-state index in [0.29, 0.717) is 6.42 Å². The Morgan fingerprint density at radius 3 is 1.56 bits per heavy atom. The zero-order chi connectivity index (χ0) is 7.70. The van der Waals surface area contributed by atoms with Gasteiger partial charge in [-0.25, -0.2) is 4.79 Å². The molecule has 0 aromatic rings. The maximum absolute atomic E-state index is 8.56. The third-order valence-electron chi connectivity index (χ3n) is 0.204. The van der Waals surface area contributed by atoms with Crippen molar-refractivity contribution in [3.05, 3.63) is 0 Å². The van der Waals surface area contributed by atoms with Gasteiger partial charge in [0.1, 0.15) is 0 Å². The Bertz CT molecular complexity index is 131. The molecule has 0 bridgehead atoms. The third kappa shape index (κ3) is 810. The second-order valence-electron chi connectivity index (χ2n) is 0.868. The van der Waals surface area contributed by atoms with Crippen LogP contribution in [0.1, 0.15) is 6.42 Å². The van der Waals surface area contributed by atoms with Crippen molar-refractivity contribution in [2.24, 2.45) is 0 Å². The molecule has 0 saturated heterocycles. The molecule has 0 aromatic heterocycles. The number of hydrogen-bond acceptors (Lipinski definition) is 1. The quantitative estimate of drug-likeness (QED) is 0.473. The molecule has 0 radical (unpaired) electrons. The summed E-state index contributed by atoms with van der Waals surface area (Å²) in [4.78, 5) is 8.56. The average molecular weight is 126 g/mol. The third-order valence-corrected chi connectivity index (χ3v) is 0.204. The Labute approximate surface area is 53.3 Å². The van der Waals surface area contributed by atoms with Crippen molar-refractivity contribution in [2.75, 3.05) is 0 Å². The SMILES string of the molecule is C#CCC#C.O=C(O)O. The highest BCUT2D eigenvalue weighted by molar-refractivity contribution is 5.53. The van der Waals surface area contributed by atoms with Gasteiger partial charge in [-0.3, -0.25) is 0 Å². The fourth-order valence-electron chi connectivity index (χ4n) is 0.0589. The lowest BCUT2D eigenvalue weighted by Gasteiger charge is -1.60. The molecule has 48 valence electrons. The van der Waals surface area contributed by atoms with Gasteiger partial charge in [-0.15, -0.1) is 12.8 Å². The molecule has 0 aromatic carbocycles. The van der Waals surface area contributed by atoms with E-state index in [1.54, 1.807) is 0 Å². The first-order valence-corrected chi connectivity index (χ1v) is 1.94. The Morgan fingerprint density at radius 2 is 1.56 bits per heavy atom. The molecule has 0 rings (SSSR count). The lowest BCUT2D eigenvalue weighted by atomic mass is 10.5. The van der Waals surface area contributed by atoms with Crippen molar-refractivity contribution in [3.8, 4) is 24.7 Å². The Balaban J connectivity index is 0. The first kappa shape index (κ1) is 10.4. The van der Waals surface area contributed by atoms with Gasteiger partial charge in [0, 0.05) is 0 Å². The first-order valence-electron chi connectivity index (χ1n) is 1.94. The summed E-state index contributed by atoms with van der Waals surface area (Å²) in [6.07, 6.45) is 8.10. The Hall–Kier alpha value is -1.61. The lowest BCUT2D eigenvalue weighted by molar-refractivity contribution is 0.137. The van der Waals surface area contributed by atoms with Crippen LogP contribution >= 0.6 is 0 Å². The van der Waals surface area contributed by atoms with E-state index < -0.39 is 6.16 Å². The molecule has 0 fully saturated rings. The van der Waals surface area contributed by atoms with Crippen LogP contribution in [0, 0.1) is 24.7 Å². The van der Waals surface area contributed by atoms with Crippen LogP contribution in [0.4, 0.5) is 4.79 Å². The molecule has 9 heavy (non-hydrogen) atoms. The van der Waals surface area contributed by atoms with Gasteiger partial charge in [-0.05, 0) is 0 Å². The van der Waals surface area contributed by atoms with Crippen molar-refractivity contribution in [1.29, 1.82) is 0 Å². The largest absolute Gasteiger partial charge is 0.503 e. The number of carbonyl (C=O) groups is 1. The van der Waals surface area contributed by atoms with Gasteiger partial charge in [0.25, 0.3) is 0 Å². The van der Waals surface area contributed by atoms with Crippen LogP contribution in [0.2, 0.25) is 0 Å². The molecule has 0 spiro atoms. The predicted octanol–water partition coefficient (Wildman–Crippen LogP) is 0.865. The van der Waals surface area contributed by atoms with E-state index in [9.17, 15) is 0 Å². The van der Waals surface area contributed by atoms with Gasteiger partial charge in [-0.1, -0.05) is 11.8 Å². The van der Waals surface area contributed by atoms with Gasteiger partial charge >= 0.3 is 6.16 Å². The molecule has 2 N–H and O–H groups in total. The molecular weight excluding hydrogens is 120 g/mol. The van der Waals surface area contributed by atoms with Gasteiger partial charge in [-0.2, -0.15) is 0 Å². The van der Waals surface area contributed by atoms with Crippen molar-refractivity contribution in [2.45, 2.75) is 6.42 Å². The van der Waals surface area contributed by atoms with E-state index in [-0.39, 0.29) is 0 Å². The fraction of sp³-hybridized carbons (Fsp3) is 0.167. The molecule has 0 atom stereocenters. The van der Waals surface area contributed by atoms with Crippen LogP contribution in [-0.2, 0) is 0 Å². The van der Waals surface area contributed by atoms with Gasteiger partial charge < -0.3 is 10.2 Å². The van der Waals surface area contributed by atoms with Crippen molar-refractivity contribution in [1.82, 2.24) is 0 Å². The van der Waals surface area contributed by atoms with E-state index in [1.165, 1.54) is 0 Å². The monoisotopic (exact) mass is 126 g/mol. The van der Waals surface area contributed by atoms with Gasteiger partial charge in [0.05, 0.1) is 6.42 Å². The minimum atomic E-state index is -1.83. The van der Waals surface area contributed by atoms with Crippen molar-refractivity contribution < 1.29 is 15.0 Å². The Morgan fingerprint density at radius 1 is 1.33 bits per heavy atom. The van der Waals surface area contributed by atoms with Crippen LogP contribution in [0.3, 0.4) is 0 Å². The minimum absolute atomic E-state index is 0.444. The van der Waals surface area contributed by atoms with Gasteiger partial charge in [0.2, 0.25) is 0 Å². The summed E-state index contributed by atoms with van der Waals surface area (Å²) in [5.41, 5.74) is 0. The second-order valence-corrected chi connectivity index (χ2v) is 0.868. The molecule has 0 amide bonds. The molecule has 0 saturated carbocycles. The molecule has 3 heteroatoms. The maximum atomic E-state index is 8.56. The zero-order valence-corrected chi connectivity index (χ0v) is 4.66. The van der Waals surface area contributed by atoms with Crippen LogP contribution in [-0.4, -0.2) is 16.4 Å². The van der Waals surface area contributed by atoms with Crippen LogP contribution in [0.25, 0.3) is 0 Å². The maximum Gasteiger partial charge on any atom is 0.503 e. The van der Waals surface area contributed by atoms with Crippen molar-refractivity contribution >= 4 is 6.16 Å². The standard InChI is InChI=1S/C5H4.CH2O3/c1-3-5-4-2;2-1(3)4/h1-2H,5H2;(H2,2,3,4). The smallest absolute Gasteiger partial charge is 0.450 e. The molecule has 0 aliphatic rings. The highest BCUT2D eigenvalue weighted by atomic mass is 16.6. The summed E-state index contributed by atoms with van der Waals surface area (Å²) in [6, 6.07) is 0. The lowest BCUT2D eigenvalue weighted by Crippen LogP contribution is -1.81. The summed E-state index contributed by atoms with van der Waals surface area (Å²) in [6.45, 7) is 0. The highest BCUT2D eigenvalue weighted by Gasteiger charge is 1.70. The highest BCUT2D eigenvalue weighted by Crippen LogP contribution is 1.59.